The van der Waals surface area contributed by atoms with Crippen LogP contribution >= 0.6 is 0 Å². The first kappa shape index (κ1) is 37.8. The molecule has 40 heavy (non-hydrogen) atoms. The van der Waals surface area contributed by atoms with Gasteiger partial charge in [-0.2, -0.15) is 0 Å². The molecule has 0 spiro atoms. The molecule has 0 aromatic rings. The highest BCUT2D eigenvalue weighted by atomic mass is 28.4. The van der Waals surface area contributed by atoms with Gasteiger partial charge in [0.25, 0.3) is 0 Å². The number of carbonyl (C=O) groups excluding carboxylic acids is 2. The monoisotopic (exact) mass is 576 g/mol. The Balaban J connectivity index is 3.73. The Bertz CT molecular complexity index is 817. The molecule has 1 unspecified atom stereocenters. The van der Waals surface area contributed by atoms with Crippen LogP contribution in [0.4, 0.5) is 0 Å². The molecule has 0 aromatic heterocycles. The standard InChI is InChI=1S/C33H56O6Si/c1-7-8-9-10-11-12-13-14-15-16-17-18-19-20-21-22-23-25-31(35)37-27-24-26-32(36)38-28-30(34)29-39-40(5,6)33(2,3)4/h8-9,11-12,14-15,17-18,20-21,30,34H,7,10,13,16,19,22-29H2,1-6H3/b9-8-,12-11-,15-14-,18-17-,21-20-. The first-order chi connectivity index (χ1) is 19.0. The highest BCUT2D eigenvalue weighted by Gasteiger charge is 2.37. The summed E-state index contributed by atoms with van der Waals surface area (Å²) in [5.74, 6) is -0.667. The van der Waals surface area contributed by atoms with Crippen molar-refractivity contribution in [2.24, 2.45) is 0 Å². The van der Waals surface area contributed by atoms with Gasteiger partial charge in [0.2, 0.25) is 0 Å². The summed E-state index contributed by atoms with van der Waals surface area (Å²) in [4.78, 5) is 23.7. The van der Waals surface area contributed by atoms with Crippen LogP contribution in [0.2, 0.25) is 18.1 Å². The van der Waals surface area contributed by atoms with Crippen molar-refractivity contribution < 1.29 is 28.6 Å². The summed E-state index contributed by atoms with van der Waals surface area (Å²) >= 11 is 0. The van der Waals surface area contributed by atoms with Crippen molar-refractivity contribution in [2.45, 2.75) is 116 Å². The van der Waals surface area contributed by atoms with Crippen molar-refractivity contribution in [1.82, 2.24) is 0 Å². The predicted octanol–water partition coefficient (Wildman–Crippen LogP) is 8.16. The average molecular weight is 577 g/mol. The Labute approximate surface area is 245 Å². The number of unbranched alkanes of at least 4 members (excludes halogenated alkanes) is 1. The molecule has 0 aliphatic carbocycles. The molecule has 1 N–H and O–H groups in total. The number of aliphatic hydroxyl groups is 1. The van der Waals surface area contributed by atoms with E-state index in [1.54, 1.807) is 0 Å². The molecule has 0 amide bonds. The van der Waals surface area contributed by atoms with Gasteiger partial charge >= 0.3 is 11.9 Å². The number of aliphatic hydroxyl groups excluding tert-OH is 1. The molecule has 0 saturated heterocycles. The molecule has 0 rings (SSSR count). The molecule has 0 aliphatic heterocycles. The van der Waals surface area contributed by atoms with Crippen LogP contribution in [0, 0.1) is 0 Å². The first-order valence-corrected chi connectivity index (χ1v) is 17.8. The molecular weight excluding hydrogens is 520 g/mol. The van der Waals surface area contributed by atoms with E-state index >= 15 is 0 Å². The van der Waals surface area contributed by atoms with Gasteiger partial charge in [0.05, 0.1) is 13.2 Å². The molecule has 0 fully saturated rings. The van der Waals surface area contributed by atoms with Crippen LogP contribution in [0.1, 0.15) is 91.9 Å². The third kappa shape index (κ3) is 22.6. The van der Waals surface area contributed by atoms with Crippen molar-refractivity contribution in [3.8, 4) is 0 Å². The molecule has 1 atom stereocenters. The Kier molecular flexibility index (Phi) is 22.2. The molecule has 0 aliphatic rings. The maximum Gasteiger partial charge on any atom is 0.306 e. The summed E-state index contributed by atoms with van der Waals surface area (Å²) in [6, 6.07) is 0. The number of ether oxygens (including phenoxy) is 2. The topological polar surface area (TPSA) is 82.1 Å². The highest BCUT2D eigenvalue weighted by Crippen LogP contribution is 2.36. The summed E-state index contributed by atoms with van der Waals surface area (Å²) in [5, 5.41) is 10.1. The number of hydrogen-bond acceptors (Lipinski definition) is 6. The van der Waals surface area contributed by atoms with E-state index in [2.05, 4.69) is 102 Å². The van der Waals surface area contributed by atoms with Crippen molar-refractivity contribution in [3.05, 3.63) is 60.8 Å². The van der Waals surface area contributed by atoms with Gasteiger partial charge in [0, 0.05) is 12.8 Å². The molecule has 0 saturated carbocycles. The largest absolute Gasteiger partial charge is 0.466 e. The van der Waals surface area contributed by atoms with Crippen molar-refractivity contribution in [2.75, 3.05) is 19.8 Å². The summed E-state index contributed by atoms with van der Waals surface area (Å²) in [5.41, 5.74) is 0. The van der Waals surface area contributed by atoms with E-state index in [4.69, 9.17) is 13.9 Å². The minimum atomic E-state index is -1.95. The van der Waals surface area contributed by atoms with Crippen LogP contribution in [0.25, 0.3) is 0 Å². The second kappa shape index (κ2) is 23.5. The van der Waals surface area contributed by atoms with Gasteiger partial charge in [-0.05, 0) is 69.5 Å². The molecule has 6 nitrogen and oxygen atoms in total. The van der Waals surface area contributed by atoms with Gasteiger partial charge in [0.1, 0.15) is 12.7 Å². The van der Waals surface area contributed by atoms with Gasteiger partial charge in [0.15, 0.2) is 8.32 Å². The molecule has 7 heteroatoms. The smallest absolute Gasteiger partial charge is 0.306 e. The van der Waals surface area contributed by atoms with Crippen LogP contribution in [-0.2, 0) is 23.5 Å². The molecular formula is C33H56O6Si. The number of hydrogen-bond donors (Lipinski definition) is 1. The molecule has 0 aromatic carbocycles. The SMILES string of the molecule is CC/C=C\C/C=C\C/C=C\C/C=C\C/C=C\CCCC(=O)OCCCC(=O)OCC(O)CO[Si](C)(C)C(C)(C)C. The van der Waals surface area contributed by atoms with Crippen molar-refractivity contribution in [1.29, 1.82) is 0 Å². The van der Waals surface area contributed by atoms with Gasteiger partial charge < -0.3 is 19.0 Å². The van der Waals surface area contributed by atoms with Crippen LogP contribution in [0.5, 0.6) is 0 Å². The van der Waals surface area contributed by atoms with Gasteiger partial charge in [-0.25, -0.2) is 0 Å². The number of esters is 2. The van der Waals surface area contributed by atoms with E-state index in [0.717, 1.165) is 44.9 Å². The minimum Gasteiger partial charge on any atom is -0.466 e. The normalized spacial score (nSPS) is 13.9. The third-order valence-electron chi connectivity index (χ3n) is 6.58. The van der Waals surface area contributed by atoms with E-state index in [9.17, 15) is 14.7 Å². The Morgan fingerprint density at radius 3 is 1.73 bits per heavy atom. The quantitative estimate of drug-likeness (QED) is 0.0606. The first-order valence-electron chi connectivity index (χ1n) is 14.9. The lowest BCUT2D eigenvalue weighted by Crippen LogP contribution is -2.43. The van der Waals surface area contributed by atoms with Crippen LogP contribution in [0.3, 0.4) is 0 Å². The van der Waals surface area contributed by atoms with E-state index in [0.29, 0.717) is 12.8 Å². The van der Waals surface area contributed by atoms with E-state index < -0.39 is 20.4 Å². The maximum atomic E-state index is 11.9. The average Bonchev–Trinajstić information content (AvgIpc) is 2.89. The Hall–Kier alpha value is -2.22. The van der Waals surface area contributed by atoms with E-state index in [1.165, 1.54) is 0 Å². The molecule has 0 bridgehead atoms. The summed E-state index contributed by atoms with van der Waals surface area (Å²) < 4.78 is 16.2. The van der Waals surface area contributed by atoms with Crippen molar-refractivity contribution in [3.63, 3.8) is 0 Å². The second-order valence-corrected chi connectivity index (χ2v) is 16.1. The Morgan fingerprint density at radius 1 is 0.725 bits per heavy atom. The van der Waals surface area contributed by atoms with Crippen molar-refractivity contribution >= 4 is 20.3 Å². The zero-order valence-electron chi connectivity index (χ0n) is 26.0. The highest BCUT2D eigenvalue weighted by molar-refractivity contribution is 6.74. The number of carbonyl (C=O) groups is 2. The van der Waals surface area contributed by atoms with E-state index in [1.807, 2.05) is 0 Å². The number of allylic oxidation sites excluding steroid dienone is 10. The summed E-state index contributed by atoms with van der Waals surface area (Å²) in [7, 11) is -1.95. The minimum absolute atomic E-state index is 0.0520. The summed E-state index contributed by atoms with van der Waals surface area (Å²) in [6.07, 6.45) is 28.2. The zero-order valence-corrected chi connectivity index (χ0v) is 27.0. The Morgan fingerprint density at radius 2 is 1.20 bits per heavy atom. The van der Waals surface area contributed by atoms with E-state index in [-0.39, 0.29) is 37.2 Å². The fraction of sp³-hybridized carbons (Fsp3) is 0.636. The fourth-order valence-corrected chi connectivity index (χ4v) is 4.08. The molecule has 0 heterocycles. The van der Waals surface area contributed by atoms with Crippen LogP contribution < -0.4 is 0 Å². The lowest BCUT2D eigenvalue weighted by atomic mass is 10.2. The molecule has 0 radical (unpaired) electrons. The second-order valence-electron chi connectivity index (χ2n) is 11.3. The zero-order chi connectivity index (χ0) is 30.1. The van der Waals surface area contributed by atoms with Gasteiger partial charge in [-0.3, -0.25) is 9.59 Å². The third-order valence-corrected chi connectivity index (χ3v) is 11.1. The maximum absolute atomic E-state index is 11.9. The number of rotatable bonds is 22. The predicted molar refractivity (Wildman–Crippen MR) is 169 cm³/mol. The van der Waals surface area contributed by atoms with Crippen LogP contribution in [0.15, 0.2) is 60.8 Å². The molecule has 228 valence electrons. The lowest BCUT2D eigenvalue weighted by molar-refractivity contribution is -0.149. The van der Waals surface area contributed by atoms with Gasteiger partial charge in [-0.1, -0.05) is 88.5 Å². The van der Waals surface area contributed by atoms with Crippen LogP contribution in [-0.4, -0.2) is 51.3 Å². The summed E-state index contributed by atoms with van der Waals surface area (Å²) in [6.45, 7) is 13.0. The fourth-order valence-electron chi connectivity index (χ4n) is 3.04. The lowest BCUT2D eigenvalue weighted by Gasteiger charge is -2.36. The van der Waals surface area contributed by atoms with Gasteiger partial charge in [-0.15, -0.1) is 0 Å².